The van der Waals surface area contributed by atoms with E-state index in [1.807, 2.05) is 0 Å². The molecule has 0 unspecified atom stereocenters. The third kappa shape index (κ3) is 4.30. The molecule has 2 atom stereocenters. The Labute approximate surface area is 121 Å². The zero-order chi connectivity index (χ0) is 14.6. The molecule has 5 heteroatoms. The number of piperidine rings is 1. The Kier molecular flexibility index (Phi) is 5.18. The maximum Gasteiger partial charge on any atom is 0.160 e. The van der Waals surface area contributed by atoms with Crippen molar-refractivity contribution in [2.24, 2.45) is 5.92 Å². The minimum Gasteiger partial charge on any atom is -0.316 e. The van der Waals surface area contributed by atoms with Crippen molar-refractivity contribution >= 4 is 9.84 Å². The molecule has 0 aromatic heterocycles. The molecule has 112 valence electrons. The summed E-state index contributed by atoms with van der Waals surface area (Å²) in [7, 11) is -2.95. The summed E-state index contributed by atoms with van der Waals surface area (Å²) in [5.41, 5.74) is 2.73. The minimum atomic E-state index is -2.95. The molecule has 1 fully saturated rings. The van der Waals surface area contributed by atoms with Crippen LogP contribution in [0.25, 0.3) is 0 Å². The van der Waals surface area contributed by atoms with Gasteiger partial charge in [-0.05, 0) is 49.4 Å². The smallest absolute Gasteiger partial charge is 0.160 e. The average molecular weight is 296 g/mol. The van der Waals surface area contributed by atoms with Crippen molar-refractivity contribution in [3.8, 4) is 0 Å². The molecule has 0 bridgehead atoms. The van der Waals surface area contributed by atoms with E-state index in [0.717, 1.165) is 26.1 Å². The molecular weight excluding hydrogens is 272 g/mol. The van der Waals surface area contributed by atoms with E-state index in [0.29, 0.717) is 11.8 Å². The average Bonchev–Trinajstić information content (AvgIpc) is 2.39. The maximum absolute atomic E-state index is 11.2. The Balaban J connectivity index is 2.04. The molecule has 1 heterocycles. The topological polar surface area (TPSA) is 58.2 Å². The number of nitrogens with one attached hydrogen (secondary N) is 2. The Morgan fingerprint density at radius 3 is 2.80 bits per heavy atom. The first-order valence-electron chi connectivity index (χ1n) is 7.12. The first-order valence-corrected chi connectivity index (χ1v) is 9.18. The fourth-order valence-electron chi connectivity index (χ4n) is 2.98. The molecular formula is C15H24N2O2S. The summed E-state index contributed by atoms with van der Waals surface area (Å²) < 4.78 is 22.4. The van der Waals surface area contributed by atoms with Gasteiger partial charge in [0.2, 0.25) is 0 Å². The van der Waals surface area contributed by atoms with E-state index in [9.17, 15) is 8.42 Å². The lowest BCUT2D eigenvalue weighted by Gasteiger charge is -2.33. The molecule has 20 heavy (non-hydrogen) atoms. The fourth-order valence-corrected chi connectivity index (χ4v) is 3.47. The Morgan fingerprint density at radius 2 is 2.10 bits per heavy atom. The van der Waals surface area contributed by atoms with Crippen LogP contribution < -0.4 is 10.6 Å². The fraction of sp³-hybridized carbons (Fsp3) is 0.600. The molecule has 0 aliphatic carbocycles. The first-order chi connectivity index (χ1) is 9.47. The standard InChI is InChI=1S/C15H24N2O2S/c1-12-5-3-4-6-14(12)15-7-8-16-9-13(15)10-17-11-20(2,18)19/h3-6,13,15-17H,7-11H2,1-2H3/t13-,15+/m1/s1. The highest BCUT2D eigenvalue weighted by Crippen LogP contribution is 2.31. The predicted octanol–water partition coefficient (Wildman–Crippen LogP) is 1.28. The highest BCUT2D eigenvalue weighted by Gasteiger charge is 2.27. The number of benzene rings is 1. The quantitative estimate of drug-likeness (QED) is 0.859. The van der Waals surface area contributed by atoms with Crippen molar-refractivity contribution < 1.29 is 8.42 Å². The molecule has 1 aromatic rings. The molecule has 4 nitrogen and oxygen atoms in total. The molecule has 2 rings (SSSR count). The van der Waals surface area contributed by atoms with E-state index in [1.165, 1.54) is 17.4 Å². The minimum absolute atomic E-state index is 0.0595. The Hall–Kier alpha value is -0.910. The molecule has 0 spiro atoms. The van der Waals surface area contributed by atoms with Gasteiger partial charge in [0.15, 0.2) is 9.84 Å². The summed E-state index contributed by atoms with van der Waals surface area (Å²) in [6, 6.07) is 8.51. The maximum atomic E-state index is 11.2. The second kappa shape index (κ2) is 6.70. The molecule has 1 aromatic carbocycles. The van der Waals surface area contributed by atoms with Crippen LogP contribution in [0.15, 0.2) is 24.3 Å². The molecule has 1 aliphatic heterocycles. The normalized spacial score (nSPS) is 23.7. The number of aryl methyl sites for hydroxylation is 1. The van der Waals surface area contributed by atoms with E-state index in [4.69, 9.17) is 0 Å². The van der Waals surface area contributed by atoms with Gasteiger partial charge in [0.05, 0.1) is 5.88 Å². The van der Waals surface area contributed by atoms with E-state index >= 15 is 0 Å². The van der Waals surface area contributed by atoms with Gasteiger partial charge in [-0.3, -0.25) is 0 Å². The monoisotopic (exact) mass is 296 g/mol. The van der Waals surface area contributed by atoms with Crippen LogP contribution in [0.1, 0.15) is 23.5 Å². The van der Waals surface area contributed by atoms with Gasteiger partial charge < -0.3 is 10.6 Å². The summed E-state index contributed by atoms with van der Waals surface area (Å²) in [5.74, 6) is 1.00. The van der Waals surface area contributed by atoms with E-state index < -0.39 is 9.84 Å². The van der Waals surface area contributed by atoms with Crippen LogP contribution >= 0.6 is 0 Å². The summed E-state index contributed by atoms with van der Waals surface area (Å²) in [4.78, 5) is 0. The molecule has 1 saturated heterocycles. The van der Waals surface area contributed by atoms with Crippen molar-refractivity contribution in [2.45, 2.75) is 19.3 Å². The van der Waals surface area contributed by atoms with Crippen LogP contribution in [-0.4, -0.2) is 40.2 Å². The number of hydrogen-bond donors (Lipinski definition) is 2. The summed E-state index contributed by atoms with van der Waals surface area (Å²) in [6.07, 6.45) is 2.37. The predicted molar refractivity (Wildman–Crippen MR) is 82.6 cm³/mol. The van der Waals surface area contributed by atoms with Crippen molar-refractivity contribution in [3.05, 3.63) is 35.4 Å². The van der Waals surface area contributed by atoms with Crippen LogP contribution in [-0.2, 0) is 9.84 Å². The second-order valence-electron chi connectivity index (χ2n) is 5.74. The van der Waals surface area contributed by atoms with Crippen LogP contribution in [0.2, 0.25) is 0 Å². The van der Waals surface area contributed by atoms with Crippen molar-refractivity contribution in [1.82, 2.24) is 10.6 Å². The van der Waals surface area contributed by atoms with Crippen molar-refractivity contribution in [3.63, 3.8) is 0 Å². The third-order valence-electron chi connectivity index (χ3n) is 3.97. The van der Waals surface area contributed by atoms with Gasteiger partial charge in [-0.1, -0.05) is 24.3 Å². The number of rotatable bonds is 5. The lowest BCUT2D eigenvalue weighted by Crippen LogP contribution is -2.41. The molecule has 1 aliphatic rings. The molecule has 2 N–H and O–H groups in total. The van der Waals surface area contributed by atoms with Crippen LogP contribution in [0.4, 0.5) is 0 Å². The van der Waals surface area contributed by atoms with E-state index in [2.05, 4.69) is 41.8 Å². The van der Waals surface area contributed by atoms with Crippen LogP contribution in [0.5, 0.6) is 0 Å². The third-order valence-corrected chi connectivity index (χ3v) is 4.69. The Bertz CT molecular complexity index is 543. The van der Waals surface area contributed by atoms with E-state index in [-0.39, 0.29) is 5.88 Å². The highest BCUT2D eigenvalue weighted by molar-refractivity contribution is 7.90. The van der Waals surface area contributed by atoms with Crippen LogP contribution in [0, 0.1) is 12.8 Å². The van der Waals surface area contributed by atoms with Crippen molar-refractivity contribution in [2.75, 3.05) is 31.8 Å². The largest absolute Gasteiger partial charge is 0.316 e. The zero-order valence-corrected chi connectivity index (χ0v) is 13.0. The lowest BCUT2D eigenvalue weighted by molar-refractivity contribution is 0.317. The van der Waals surface area contributed by atoms with Gasteiger partial charge in [0.25, 0.3) is 0 Å². The summed E-state index contributed by atoms with van der Waals surface area (Å²) in [6.45, 7) is 4.86. The highest BCUT2D eigenvalue weighted by atomic mass is 32.2. The molecule has 0 radical (unpaired) electrons. The first kappa shape index (κ1) is 15.5. The zero-order valence-electron chi connectivity index (χ0n) is 12.2. The van der Waals surface area contributed by atoms with Gasteiger partial charge in [-0.25, -0.2) is 8.42 Å². The van der Waals surface area contributed by atoms with Gasteiger partial charge in [0, 0.05) is 12.8 Å². The van der Waals surface area contributed by atoms with Gasteiger partial charge >= 0.3 is 0 Å². The lowest BCUT2D eigenvalue weighted by atomic mass is 9.79. The van der Waals surface area contributed by atoms with Gasteiger partial charge in [0.1, 0.15) is 0 Å². The molecule has 0 saturated carbocycles. The van der Waals surface area contributed by atoms with Crippen molar-refractivity contribution in [1.29, 1.82) is 0 Å². The van der Waals surface area contributed by atoms with Crippen LogP contribution in [0.3, 0.4) is 0 Å². The summed E-state index contributed by atoms with van der Waals surface area (Å²) in [5, 5.41) is 6.50. The second-order valence-corrected chi connectivity index (χ2v) is 7.88. The van der Waals surface area contributed by atoms with Gasteiger partial charge in [-0.2, -0.15) is 0 Å². The number of hydrogen-bond acceptors (Lipinski definition) is 4. The van der Waals surface area contributed by atoms with E-state index in [1.54, 1.807) is 0 Å². The Morgan fingerprint density at radius 1 is 1.35 bits per heavy atom. The van der Waals surface area contributed by atoms with Gasteiger partial charge in [-0.15, -0.1) is 0 Å². The summed E-state index contributed by atoms with van der Waals surface area (Å²) >= 11 is 0. The molecule has 0 amide bonds. The number of sulfone groups is 1. The SMILES string of the molecule is Cc1ccccc1[C@H]1CCNC[C@@H]1CNCS(C)(=O)=O.